The second kappa shape index (κ2) is 6.24. The normalized spacial score (nSPS) is 16.1. The number of rotatable bonds is 6. The third-order valence-corrected chi connectivity index (χ3v) is 3.67. The van der Waals surface area contributed by atoms with Crippen LogP contribution in [0.4, 0.5) is 5.69 Å². The Labute approximate surface area is 111 Å². The van der Waals surface area contributed by atoms with E-state index in [9.17, 15) is 0 Å². The highest BCUT2D eigenvalue weighted by atomic mass is 15.2. The molecule has 0 aliphatic carbocycles. The fourth-order valence-electron chi connectivity index (χ4n) is 2.52. The molecule has 0 aromatic heterocycles. The van der Waals surface area contributed by atoms with E-state index in [2.05, 4.69) is 55.3 Å². The van der Waals surface area contributed by atoms with E-state index >= 15 is 0 Å². The third-order valence-electron chi connectivity index (χ3n) is 3.67. The zero-order chi connectivity index (χ0) is 13.0. The molecule has 0 amide bonds. The van der Waals surface area contributed by atoms with Crippen molar-refractivity contribution in [1.29, 1.82) is 0 Å². The van der Waals surface area contributed by atoms with Gasteiger partial charge in [0.25, 0.3) is 0 Å². The molecule has 1 aromatic rings. The van der Waals surface area contributed by atoms with E-state index in [1.165, 1.54) is 37.2 Å². The van der Waals surface area contributed by atoms with Gasteiger partial charge >= 0.3 is 0 Å². The van der Waals surface area contributed by atoms with Crippen LogP contribution in [0.15, 0.2) is 24.3 Å². The van der Waals surface area contributed by atoms with E-state index in [1.807, 2.05) is 0 Å². The molecule has 100 valence electrons. The van der Waals surface area contributed by atoms with Gasteiger partial charge in [0.2, 0.25) is 0 Å². The minimum atomic E-state index is 0.551. The first-order chi connectivity index (χ1) is 8.69. The Balaban J connectivity index is 1.81. The van der Waals surface area contributed by atoms with E-state index in [-0.39, 0.29) is 0 Å². The van der Waals surface area contributed by atoms with Gasteiger partial charge in [-0.25, -0.2) is 0 Å². The molecule has 1 aromatic carbocycles. The molecule has 1 N–H and O–H groups in total. The first kappa shape index (κ1) is 13.4. The second-order valence-electron chi connectivity index (χ2n) is 5.76. The first-order valence-corrected chi connectivity index (χ1v) is 7.26. The second-order valence-corrected chi connectivity index (χ2v) is 5.76. The number of nitrogens with zero attached hydrogens (tertiary/aromatic N) is 1. The van der Waals surface area contributed by atoms with Crippen molar-refractivity contribution in [2.24, 2.45) is 5.92 Å². The fourth-order valence-corrected chi connectivity index (χ4v) is 2.52. The van der Waals surface area contributed by atoms with E-state index in [1.54, 1.807) is 0 Å². The van der Waals surface area contributed by atoms with Gasteiger partial charge in [-0.05, 0) is 30.0 Å². The molecule has 0 bridgehead atoms. The Bertz CT molecular complexity index is 350. The molecular formula is C16H26N2. The summed E-state index contributed by atoms with van der Waals surface area (Å²) >= 11 is 0. The van der Waals surface area contributed by atoms with Crippen LogP contribution in [-0.2, 0) is 6.54 Å². The number of anilines is 1. The van der Waals surface area contributed by atoms with E-state index in [0.717, 1.165) is 12.5 Å². The van der Waals surface area contributed by atoms with Crippen molar-refractivity contribution in [2.75, 3.05) is 18.0 Å². The molecule has 0 unspecified atom stereocenters. The van der Waals surface area contributed by atoms with E-state index < -0.39 is 0 Å². The molecule has 0 radical (unpaired) electrons. The number of hydrogen-bond donors (Lipinski definition) is 1. The highest BCUT2D eigenvalue weighted by Gasteiger charge is 2.25. The van der Waals surface area contributed by atoms with Crippen LogP contribution in [0.1, 0.15) is 39.2 Å². The molecule has 1 fully saturated rings. The molecule has 0 saturated carbocycles. The number of benzene rings is 1. The van der Waals surface area contributed by atoms with Crippen LogP contribution in [0.5, 0.6) is 0 Å². The van der Waals surface area contributed by atoms with Gasteiger partial charge in [0.15, 0.2) is 0 Å². The topological polar surface area (TPSA) is 15.3 Å². The molecular weight excluding hydrogens is 220 g/mol. The van der Waals surface area contributed by atoms with Gasteiger partial charge in [0.1, 0.15) is 0 Å². The quantitative estimate of drug-likeness (QED) is 0.827. The van der Waals surface area contributed by atoms with Gasteiger partial charge in [0.05, 0.1) is 0 Å². The maximum absolute atomic E-state index is 3.45. The van der Waals surface area contributed by atoms with Crippen LogP contribution in [0.2, 0.25) is 0 Å². The molecule has 2 rings (SSSR count). The van der Waals surface area contributed by atoms with Crippen LogP contribution >= 0.6 is 0 Å². The van der Waals surface area contributed by atoms with Crippen molar-refractivity contribution >= 4 is 5.69 Å². The predicted molar refractivity (Wildman–Crippen MR) is 79.0 cm³/mol. The lowest BCUT2D eigenvalue weighted by Gasteiger charge is -2.41. The Morgan fingerprint density at radius 2 is 1.89 bits per heavy atom. The summed E-state index contributed by atoms with van der Waals surface area (Å²) in [5, 5.41) is 3.45. The minimum Gasteiger partial charge on any atom is -0.371 e. The molecule has 1 aliphatic heterocycles. The average Bonchev–Trinajstić information content (AvgIpc) is 2.31. The zero-order valence-corrected chi connectivity index (χ0v) is 11.9. The maximum Gasteiger partial charge on any atom is 0.0366 e. The maximum atomic E-state index is 3.45. The molecule has 2 heteroatoms. The number of nitrogens with one attached hydrogen (secondary N) is 1. The summed E-state index contributed by atoms with van der Waals surface area (Å²) in [6.07, 6.45) is 2.70. The Morgan fingerprint density at radius 1 is 1.22 bits per heavy atom. The smallest absolute Gasteiger partial charge is 0.0366 e. The van der Waals surface area contributed by atoms with Crippen LogP contribution in [0.25, 0.3) is 0 Å². The molecule has 1 saturated heterocycles. The number of hydrogen-bond acceptors (Lipinski definition) is 2. The van der Waals surface area contributed by atoms with Crippen molar-refractivity contribution in [3.8, 4) is 0 Å². The lowest BCUT2D eigenvalue weighted by atomic mass is 9.94. The molecule has 0 spiro atoms. The fraction of sp³-hybridized carbons (Fsp3) is 0.625. The van der Waals surface area contributed by atoms with E-state index in [4.69, 9.17) is 0 Å². The van der Waals surface area contributed by atoms with Crippen molar-refractivity contribution < 1.29 is 0 Å². The first-order valence-electron chi connectivity index (χ1n) is 7.26. The van der Waals surface area contributed by atoms with Crippen molar-refractivity contribution in [2.45, 2.75) is 46.2 Å². The summed E-state index contributed by atoms with van der Waals surface area (Å²) in [6.45, 7) is 10.1. The van der Waals surface area contributed by atoms with Gasteiger partial charge in [-0.15, -0.1) is 0 Å². The standard InChI is InChI=1S/C16H26N2/c1-4-5-15-11-18(12-15)16-8-6-14(7-9-16)10-17-13(2)3/h6-9,13,15,17H,4-5,10-12H2,1-3H3. The minimum absolute atomic E-state index is 0.551. The lowest BCUT2D eigenvalue weighted by molar-refractivity contribution is 0.380. The van der Waals surface area contributed by atoms with Gasteiger partial charge in [0, 0.05) is 31.4 Å². The summed E-state index contributed by atoms with van der Waals surface area (Å²) in [5.74, 6) is 0.928. The van der Waals surface area contributed by atoms with Gasteiger partial charge in [-0.2, -0.15) is 0 Å². The molecule has 18 heavy (non-hydrogen) atoms. The third kappa shape index (κ3) is 3.49. The average molecular weight is 246 g/mol. The van der Waals surface area contributed by atoms with E-state index in [0.29, 0.717) is 6.04 Å². The summed E-state index contributed by atoms with van der Waals surface area (Å²) < 4.78 is 0. The summed E-state index contributed by atoms with van der Waals surface area (Å²) in [7, 11) is 0. The Morgan fingerprint density at radius 3 is 2.44 bits per heavy atom. The molecule has 2 nitrogen and oxygen atoms in total. The summed E-state index contributed by atoms with van der Waals surface area (Å²) in [5.41, 5.74) is 2.76. The van der Waals surface area contributed by atoms with Crippen molar-refractivity contribution in [3.05, 3.63) is 29.8 Å². The van der Waals surface area contributed by atoms with Crippen molar-refractivity contribution in [1.82, 2.24) is 5.32 Å². The lowest BCUT2D eigenvalue weighted by Crippen LogP contribution is -2.46. The Hall–Kier alpha value is -1.02. The highest BCUT2D eigenvalue weighted by molar-refractivity contribution is 5.49. The van der Waals surface area contributed by atoms with Crippen LogP contribution in [0, 0.1) is 5.92 Å². The zero-order valence-electron chi connectivity index (χ0n) is 11.9. The van der Waals surface area contributed by atoms with Gasteiger partial charge < -0.3 is 10.2 Å². The van der Waals surface area contributed by atoms with Crippen LogP contribution in [-0.4, -0.2) is 19.1 Å². The van der Waals surface area contributed by atoms with Crippen LogP contribution in [0.3, 0.4) is 0 Å². The van der Waals surface area contributed by atoms with Crippen molar-refractivity contribution in [3.63, 3.8) is 0 Å². The van der Waals surface area contributed by atoms with Crippen LogP contribution < -0.4 is 10.2 Å². The van der Waals surface area contributed by atoms with Gasteiger partial charge in [-0.3, -0.25) is 0 Å². The molecule has 1 aliphatic rings. The summed E-state index contributed by atoms with van der Waals surface area (Å²) in [6, 6.07) is 9.57. The SMILES string of the molecule is CCCC1CN(c2ccc(CNC(C)C)cc2)C1. The molecule has 0 atom stereocenters. The monoisotopic (exact) mass is 246 g/mol. The van der Waals surface area contributed by atoms with Gasteiger partial charge in [-0.1, -0.05) is 39.3 Å². The highest BCUT2D eigenvalue weighted by Crippen LogP contribution is 2.27. The Kier molecular flexibility index (Phi) is 4.65. The largest absolute Gasteiger partial charge is 0.371 e. The molecule has 1 heterocycles. The predicted octanol–water partition coefficient (Wildman–Crippen LogP) is 3.42. The summed E-state index contributed by atoms with van der Waals surface area (Å²) in [4.78, 5) is 2.49.